The Morgan fingerprint density at radius 3 is 2.42 bits per heavy atom. The van der Waals surface area contributed by atoms with Gasteiger partial charge in [-0.15, -0.1) is 0 Å². The summed E-state index contributed by atoms with van der Waals surface area (Å²) >= 11 is 0. The average Bonchev–Trinajstić information content (AvgIpc) is 2.30. The highest BCUT2D eigenvalue weighted by Gasteiger charge is 2.24. The lowest BCUT2D eigenvalue weighted by molar-refractivity contribution is -0.145. The number of phenolic OH excluding ortho intramolecular Hbond substituents is 1. The first-order valence-electron chi connectivity index (χ1n) is 5.57. The number of hydrogen-bond donors (Lipinski definition) is 4. The first-order valence-corrected chi connectivity index (χ1v) is 7.36. The first kappa shape index (κ1) is 15.7. The Morgan fingerprint density at radius 1 is 1.37 bits per heavy atom. The van der Waals surface area contributed by atoms with Crippen molar-refractivity contribution in [1.29, 1.82) is 0 Å². The normalized spacial score (nSPS) is 13.0. The second-order valence-electron chi connectivity index (χ2n) is 3.80. The third kappa shape index (κ3) is 5.40. The minimum Gasteiger partial charge on any atom is -0.508 e. The molecule has 7 nitrogen and oxygen atoms in total. The van der Waals surface area contributed by atoms with Crippen molar-refractivity contribution in [2.75, 3.05) is 12.9 Å². The van der Waals surface area contributed by atoms with Crippen LogP contribution in [0.5, 0.6) is 5.75 Å². The van der Waals surface area contributed by atoms with E-state index in [1.807, 2.05) is 0 Å². The molecule has 0 bridgehead atoms. The summed E-state index contributed by atoms with van der Waals surface area (Å²) in [5, 5.41) is 11.6. The molecule has 0 amide bonds. The van der Waals surface area contributed by atoms with E-state index in [-0.39, 0.29) is 12.4 Å². The summed E-state index contributed by atoms with van der Waals surface area (Å²) in [5.74, 6) is -0.608. The van der Waals surface area contributed by atoms with Gasteiger partial charge in [-0.1, -0.05) is 12.1 Å². The summed E-state index contributed by atoms with van der Waals surface area (Å²) in [4.78, 5) is 29.4. The van der Waals surface area contributed by atoms with Gasteiger partial charge in [0.1, 0.15) is 11.8 Å². The smallest absolute Gasteiger partial charge is 0.339 e. The highest BCUT2D eigenvalue weighted by atomic mass is 31.2. The number of carbonyl (C=O) groups is 1. The molecule has 0 aliphatic rings. The maximum Gasteiger partial charge on any atom is 0.339 e. The number of rotatable bonds is 6. The van der Waals surface area contributed by atoms with Crippen molar-refractivity contribution in [2.45, 2.75) is 13.0 Å². The highest BCUT2D eigenvalue weighted by molar-refractivity contribution is 7.51. The van der Waals surface area contributed by atoms with Crippen LogP contribution in [0.2, 0.25) is 0 Å². The molecule has 0 heterocycles. The molecular formula is C11H16NO6P. The molecule has 1 atom stereocenters. The molecule has 0 aromatic heterocycles. The van der Waals surface area contributed by atoms with E-state index in [0.29, 0.717) is 5.56 Å². The van der Waals surface area contributed by atoms with Crippen molar-refractivity contribution in [3.8, 4) is 5.75 Å². The van der Waals surface area contributed by atoms with E-state index in [9.17, 15) is 14.5 Å². The molecular weight excluding hydrogens is 273 g/mol. The zero-order chi connectivity index (χ0) is 14.5. The van der Waals surface area contributed by atoms with E-state index < -0.39 is 25.9 Å². The molecule has 1 rings (SSSR count). The summed E-state index contributed by atoms with van der Waals surface area (Å²) in [5.41, 5.74) is 0.449. The molecule has 0 aliphatic heterocycles. The number of hydrogen-bond acceptors (Lipinski definition) is 5. The van der Waals surface area contributed by atoms with Gasteiger partial charge in [0, 0.05) is 0 Å². The van der Waals surface area contributed by atoms with Crippen molar-refractivity contribution in [1.82, 2.24) is 5.32 Å². The van der Waals surface area contributed by atoms with Crippen LogP contribution in [0.3, 0.4) is 0 Å². The lowest BCUT2D eigenvalue weighted by Crippen LogP contribution is -2.31. The van der Waals surface area contributed by atoms with Gasteiger partial charge < -0.3 is 19.6 Å². The van der Waals surface area contributed by atoms with Gasteiger partial charge in [0.05, 0.1) is 12.9 Å². The van der Waals surface area contributed by atoms with Crippen molar-refractivity contribution >= 4 is 13.6 Å². The first-order chi connectivity index (χ1) is 8.83. The van der Waals surface area contributed by atoms with E-state index in [4.69, 9.17) is 14.5 Å². The fourth-order valence-electron chi connectivity index (χ4n) is 1.44. The predicted molar refractivity (Wildman–Crippen MR) is 67.5 cm³/mol. The standard InChI is InChI=1S/C11H16NO6P/c1-2-18-11(14)10(12-7-19(15,16)17)8-3-5-9(13)6-4-8/h3-6,10,12-13H,2,7H2,1H3,(H2,15,16,17)/t10-/m1/s1. The van der Waals surface area contributed by atoms with Crippen molar-refractivity contribution < 1.29 is 29.0 Å². The molecule has 0 spiro atoms. The molecule has 0 radical (unpaired) electrons. The third-order valence-electron chi connectivity index (χ3n) is 2.25. The molecule has 1 aromatic carbocycles. The van der Waals surface area contributed by atoms with Crippen molar-refractivity contribution in [3.63, 3.8) is 0 Å². The number of phenols is 1. The molecule has 0 unspecified atom stereocenters. The minimum absolute atomic E-state index is 0.0290. The Morgan fingerprint density at radius 2 is 1.95 bits per heavy atom. The molecule has 8 heteroatoms. The number of benzene rings is 1. The van der Waals surface area contributed by atoms with Gasteiger partial charge in [-0.3, -0.25) is 9.88 Å². The van der Waals surface area contributed by atoms with Gasteiger partial charge in [0.2, 0.25) is 0 Å². The van der Waals surface area contributed by atoms with E-state index >= 15 is 0 Å². The zero-order valence-corrected chi connectivity index (χ0v) is 11.2. The van der Waals surface area contributed by atoms with Gasteiger partial charge in [-0.25, -0.2) is 4.79 Å². The summed E-state index contributed by atoms with van der Waals surface area (Å²) in [6, 6.07) is 4.71. The largest absolute Gasteiger partial charge is 0.508 e. The average molecular weight is 289 g/mol. The van der Waals surface area contributed by atoms with E-state index in [1.54, 1.807) is 6.92 Å². The monoisotopic (exact) mass is 289 g/mol. The molecule has 106 valence electrons. The van der Waals surface area contributed by atoms with Gasteiger partial charge in [0.25, 0.3) is 0 Å². The lowest BCUT2D eigenvalue weighted by atomic mass is 10.1. The van der Waals surface area contributed by atoms with Crippen LogP contribution in [0.25, 0.3) is 0 Å². The summed E-state index contributed by atoms with van der Waals surface area (Å²) in [7, 11) is -4.28. The summed E-state index contributed by atoms with van der Waals surface area (Å²) < 4.78 is 15.7. The molecule has 19 heavy (non-hydrogen) atoms. The lowest BCUT2D eigenvalue weighted by Gasteiger charge is -2.18. The van der Waals surface area contributed by atoms with Gasteiger partial charge >= 0.3 is 13.6 Å². The number of nitrogens with one attached hydrogen (secondary N) is 1. The number of ether oxygens (including phenoxy) is 1. The molecule has 0 aliphatic carbocycles. The fourth-order valence-corrected chi connectivity index (χ4v) is 1.86. The number of esters is 1. The zero-order valence-electron chi connectivity index (χ0n) is 10.3. The van der Waals surface area contributed by atoms with Crippen LogP contribution >= 0.6 is 7.60 Å². The van der Waals surface area contributed by atoms with Crippen LogP contribution in [0, 0.1) is 0 Å². The molecule has 0 saturated carbocycles. The predicted octanol–water partition coefficient (Wildman–Crippen LogP) is 0.721. The van der Waals surface area contributed by atoms with Crippen LogP contribution in [-0.2, 0) is 14.1 Å². The quantitative estimate of drug-likeness (QED) is 0.450. The summed E-state index contributed by atoms with van der Waals surface area (Å²) in [6.45, 7) is 1.79. The van der Waals surface area contributed by atoms with Crippen LogP contribution < -0.4 is 5.32 Å². The molecule has 0 fully saturated rings. The Balaban J connectivity index is 2.88. The maximum absolute atomic E-state index is 11.7. The van der Waals surface area contributed by atoms with Gasteiger partial charge in [0.15, 0.2) is 0 Å². The van der Waals surface area contributed by atoms with Gasteiger partial charge in [-0.05, 0) is 24.6 Å². The third-order valence-corrected chi connectivity index (χ3v) is 2.84. The second kappa shape index (κ2) is 6.68. The molecule has 4 N–H and O–H groups in total. The molecule has 0 saturated heterocycles. The Kier molecular flexibility index (Phi) is 5.50. The minimum atomic E-state index is -4.28. The molecule has 1 aromatic rings. The highest BCUT2D eigenvalue weighted by Crippen LogP contribution is 2.33. The van der Waals surface area contributed by atoms with E-state index in [2.05, 4.69) is 5.32 Å². The van der Waals surface area contributed by atoms with Crippen LogP contribution in [0.15, 0.2) is 24.3 Å². The second-order valence-corrected chi connectivity index (χ2v) is 5.45. The summed E-state index contributed by atoms with van der Waals surface area (Å²) in [6.07, 6.45) is -0.642. The fraction of sp³-hybridized carbons (Fsp3) is 0.364. The topological polar surface area (TPSA) is 116 Å². The van der Waals surface area contributed by atoms with Crippen molar-refractivity contribution in [2.24, 2.45) is 0 Å². The van der Waals surface area contributed by atoms with E-state index in [1.165, 1.54) is 24.3 Å². The number of carbonyl (C=O) groups excluding carboxylic acids is 1. The van der Waals surface area contributed by atoms with Crippen molar-refractivity contribution in [3.05, 3.63) is 29.8 Å². The van der Waals surface area contributed by atoms with Crippen LogP contribution in [-0.4, -0.2) is 33.8 Å². The maximum atomic E-state index is 11.7. The van der Waals surface area contributed by atoms with Crippen LogP contribution in [0.4, 0.5) is 0 Å². The van der Waals surface area contributed by atoms with E-state index in [0.717, 1.165) is 0 Å². The Hall–Kier alpha value is -1.40. The van der Waals surface area contributed by atoms with Crippen LogP contribution in [0.1, 0.15) is 18.5 Å². The Labute approximate surface area is 110 Å². The number of aromatic hydroxyl groups is 1. The van der Waals surface area contributed by atoms with Gasteiger partial charge in [-0.2, -0.15) is 0 Å². The SMILES string of the molecule is CCOC(=O)[C@H](NCP(=O)(O)O)c1ccc(O)cc1. The Bertz CT molecular complexity index is 469.